The molecule has 1 aliphatic carbocycles. The van der Waals surface area contributed by atoms with E-state index in [1.165, 1.54) is 0 Å². The zero-order valence-corrected chi connectivity index (χ0v) is 17.2. The number of fused-ring (bicyclic) bond motifs is 2. The highest BCUT2D eigenvalue weighted by molar-refractivity contribution is 6.04. The number of aromatic nitrogens is 1. The smallest absolute Gasteiger partial charge is 0.235 e. The Kier molecular flexibility index (Phi) is 3.93. The van der Waals surface area contributed by atoms with Crippen molar-refractivity contribution in [2.45, 2.75) is 44.4 Å². The molecule has 0 radical (unpaired) electrons. The first-order valence-corrected chi connectivity index (χ1v) is 10.0. The Labute approximate surface area is 173 Å². The molecule has 2 aromatic carbocycles. The second-order valence-corrected chi connectivity index (χ2v) is 9.05. The topological polar surface area (TPSA) is 92.8 Å². The molecule has 2 N–H and O–H groups in total. The monoisotopic (exact) mass is 405 g/mol. The molecule has 2 aliphatic rings. The van der Waals surface area contributed by atoms with Crippen molar-refractivity contribution in [1.29, 1.82) is 0 Å². The van der Waals surface area contributed by atoms with Crippen LogP contribution in [0.25, 0.3) is 10.9 Å². The van der Waals surface area contributed by atoms with Crippen LogP contribution in [0.1, 0.15) is 44.9 Å². The van der Waals surface area contributed by atoms with Crippen LogP contribution in [0.15, 0.2) is 41.6 Å². The van der Waals surface area contributed by atoms with Gasteiger partial charge in [-0.15, -0.1) is 4.91 Å². The lowest BCUT2D eigenvalue weighted by Crippen LogP contribution is -2.27. The molecule has 154 valence electrons. The second kappa shape index (κ2) is 6.32. The third-order valence-corrected chi connectivity index (χ3v) is 5.98. The Morgan fingerprint density at radius 3 is 2.57 bits per heavy atom. The van der Waals surface area contributed by atoms with E-state index in [4.69, 9.17) is 9.47 Å². The average molecular weight is 405 g/mol. The van der Waals surface area contributed by atoms with Gasteiger partial charge in [0.05, 0.1) is 11.1 Å². The largest absolute Gasteiger partial charge is 0.454 e. The van der Waals surface area contributed by atoms with Crippen molar-refractivity contribution in [3.05, 3.63) is 52.6 Å². The Hall–Kier alpha value is -3.35. The van der Waals surface area contributed by atoms with Crippen molar-refractivity contribution in [3.8, 4) is 11.5 Å². The summed E-state index contributed by atoms with van der Waals surface area (Å²) in [6.07, 6.45) is 1.56. The molecule has 0 spiro atoms. The van der Waals surface area contributed by atoms with E-state index in [0.29, 0.717) is 28.3 Å². The van der Waals surface area contributed by atoms with Crippen LogP contribution in [0.4, 0.5) is 11.4 Å². The quantitative estimate of drug-likeness (QED) is 0.579. The van der Waals surface area contributed by atoms with Gasteiger partial charge in [-0.3, -0.25) is 4.79 Å². The molecule has 1 aromatic heterocycles. The van der Waals surface area contributed by atoms with Gasteiger partial charge in [0.25, 0.3) is 0 Å². The summed E-state index contributed by atoms with van der Waals surface area (Å²) in [7, 11) is 0. The molecule has 0 bridgehead atoms. The standard InChI is InChI=1S/C23H23N3O4/c1-22(2,3)20-19(26-28)15-11-14(5-6-16(15)25-20)24-21(27)23(8-9-23)13-4-7-17-18(10-13)30-12-29-17/h4-7,10-11,25H,8-9,12H2,1-3H3,(H,24,27). The minimum atomic E-state index is -0.559. The van der Waals surface area contributed by atoms with Gasteiger partial charge >= 0.3 is 0 Å². The highest BCUT2D eigenvalue weighted by Gasteiger charge is 2.51. The van der Waals surface area contributed by atoms with Gasteiger partial charge < -0.3 is 19.8 Å². The van der Waals surface area contributed by atoms with E-state index in [0.717, 1.165) is 29.6 Å². The third kappa shape index (κ3) is 2.84. The van der Waals surface area contributed by atoms with Crippen LogP contribution in [0.3, 0.4) is 0 Å². The summed E-state index contributed by atoms with van der Waals surface area (Å²) in [6, 6.07) is 11.2. The summed E-state index contributed by atoms with van der Waals surface area (Å²) >= 11 is 0. The predicted octanol–water partition coefficient (Wildman–Crippen LogP) is 5.26. The fourth-order valence-corrected chi connectivity index (χ4v) is 4.11. The Bertz CT molecular complexity index is 1190. The number of carbonyl (C=O) groups excluding carboxylic acids is 1. The first-order chi connectivity index (χ1) is 14.3. The fraction of sp³-hybridized carbons (Fsp3) is 0.348. The van der Waals surface area contributed by atoms with Crippen molar-refractivity contribution in [2.24, 2.45) is 5.18 Å². The van der Waals surface area contributed by atoms with E-state index in [1.807, 2.05) is 57.2 Å². The van der Waals surface area contributed by atoms with Gasteiger partial charge in [-0.2, -0.15) is 0 Å². The molecule has 7 nitrogen and oxygen atoms in total. The van der Waals surface area contributed by atoms with Crippen molar-refractivity contribution in [1.82, 2.24) is 4.98 Å². The summed E-state index contributed by atoms with van der Waals surface area (Å²) in [5.74, 6) is 1.32. The normalized spacial score (nSPS) is 16.5. The van der Waals surface area contributed by atoms with E-state index in [9.17, 15) is 9.70 Å². The predicted molar refractivity (Wildman–Crippen MR) is 115 cm³/mol. The van der Waals surface area contributed by atoms with Gasteiger partial charge in [0, 0.05) is 22.0 Å². The molecule has 0 saturated heterocycles. The summed E-state index contributed by atoms with van der Waals surface area (Å²) in [5.41, 5.74) is 2.77. The minimum absolute atomic E-state index is 0.0621. The maximum absolute atomic E-state index is 13.2. The number of ether oxygens (including phenoxy) is 2. The number of anilines is 1. The molecule has 1 fully saturated rings. The SMILES string of the molecule is CC(C)(C)c1[nH]c2ccc(NC(=O)C3(c4ccc5c(c4)OCO5)CC3)cc2c1N=O. The highest BCUT2D eigenvalue weighted by Crippen LogP contribution is 2.51. The first kappa shape index (κ1) is 18.7. The Morgan fingerprint density at radius 2 is 1.87 bits per heavy atom. The number of hydrogen-bond acceptors (Lipinski definition) is 5. The summed E-state index contributed by atoms with van der Waals surface area (Å²) in [6.45, 7) is 6.28. The van der Waals surface area contributed by atoms with Crippen LogP contribution in [0.5, 0.6) is 11.5 Å². The van der Waals surface area contributed by atoms with Crippen LogP contribution in [-0.4, -0.2) is 17.7 Å². The minimum Gasteiger partial charge on any atom is -0.454 e. The molecule has 1 saturated carbocycles. The van der Waals surface area contributed by atoms with Crippen molar-refractivity contribution >= 4 is 28.2 Å². The number of hydrogen-bond donors (Lipinski definition) is 2. The molecule has 1 aliphatic heterocycles. The van der Waals surface area contributed by atoms with Gasteiger partial charge in [-0.1, -0.05) is 26.8 Å². The second-order valence-electron chi connectivity index (χ2n) is 9.05. The lowest BCUT2D eigenvalue weighted by atomic mass is 9.91. The van der Waals surface area contributed by atoms with Crippen molar-refractivity contribution < 1.29 is 14.3 Å². The van der Waals surface area contributed by atoms with Crippen LogP contribution >= 0.6 is 0 Å². The lowest BCUT2D eigenvalue weighted by molar-refractivity contribution is -0.118. The molecule has 3 aromatic rings. The van der Waals surface area contributed by atoms with E-state index < -0.39 is 5.41 Å². The molecular weight excluding hydrogens is 382 g/mol. The number of rotatable bonds is 4. The molecule has 30 heavy (non-hydrogen) atoms. The fourth-order valence-electron chi connectivity index (χ4n) is 4.11. The molecular formula is C23H23N3O4. The number of nitrogens with one attached hydrogen (secondary N) is 2. The van der Waals surface area contributed by atoms with Crippen LogP contribution in [0, 0.1) is 4.91 Å². The van der Waals surface area contributed by atoms with Crippen LogP contribution in [0.2, 0.25) is 0 Å². The zero-order chi connectivity index (χ0) is 21.1. The summed E-state index contributed by atoms with van der Waals surface area (Å²) < 4.78 is 10.8. The highest BCUT2D eigenvalue weighted by atomic mass is 16.7. The maximum atomic E-state index is 13.2. The van der Waals surface area contributed by atoms with Gasteiger partial charge in [0.2, 0.25) is 12.7 Å². The molecule has 2 heterocycles. The van der Waals surface area contributed by atoms with E-state index in [2.05, 4.69) is 15.5 Å². The van der Waals surface area contributed by atoms with E-state index in [1.54, 1.807) is 0 Å². The van der Waals surface area contributed by atoms with E-state index in [-0.39, 0.29) is 18.1 Å². The number of benzene rings is 2. The summed E-state index contributed by atoms with van der Waals surface area (Å²) in [4.78, 5) is 28.0. The van der Waals surface area contributed by atoms with Gasteiger partial charge in [0.1, 0.15) is 5.69 Å². The molecule has 5 rings (SSSR count). The van der Waals surface area contributed by atoms with Crippen molar-refractivity contribution in [2.75, 3.05) is 12.1 Å². The number of nitrogens with zero attached hydrogens (tertiary/aromatic N) is 1. The third-order valence-electron chi connectivity index (χ3n) is 5.98. The molecule has 0 unspecified atom stereocenters. The van der Waals surface area contributed by atoms with Crippen molar-refractivity contribution in [3.63, 3.8) is 0 Å². The number of aromatic amines is 1. The molecule has 1 amide bonds. The number of H-pyrrole nitrogens is 1. The molecule has 7 heteroatoms. The lowest BCUT2D eigenvalue weighted by Gasteiger charge is -2.16. The molecule has 0 atom stereocenters. The van der Waals surface area contributed by atoms with Crippen LogP contribution in [-0.2, 0) is 15.6 Å². The van der Waals surface area contributed by atoms with Gasteiger partial charge in [-0.05, 0) is 53.9 Å². The number of amides is 1. The average Bonchev–Trinajstić information content (AvgIpc) is 3.24. The van der Waals surface area contributed by atoms with Gasteiger partial charge in [0.15, 0.2) is 11.5 Å². The van der Waals surface area contributed by atoms with E-state index >= 15 is 0 Å². The van der Waals surface area contributed by atoms with Crippen LogP contribution < -0.4 is 14.8 Å². The Balaban J connectivity index is 1.45. The van der Waals surface area contributed by atoms with Gasteiger partial charge in [-0.25, -0.2) is 0 Å². The first-order valence-electron chi connectivity index (χ1n) is 10.0. The maximum Gasteiger partial charge on any atom is 0.235 e. The number of carbonyl (C=O) groups is 1. The zero-order valence-electron chi connectivity index (χ0n) is 17.2. The summed E-state index contributed by atoms with van der Waals surface area (Å²) in [5, 5.41) is 7.01. The Morgan fingerprint density at radius 1 is 1.10 bits per heavy atom. The number of nitroso groups, excluding NO2 is 1.